The molecule has 3 unspecified atom stereocenters. The number of pyridine rings is 1. The van der Waals surface area contributed by atoms with Crippen LogP contribution in [0.1, 0.15) is 45.3 Å². The average molecular weight is 371 g/mol. The van der Waals surface area contributed by atoms with Crippen molar-refractivity contribution in [1.82, 2.24) is 14.8 Å². The van der Waals surface area contributed by atoms with Gasteiger partial charge in [-0.25, -0.2) is 9.67 Å². The van der Waals surface area contributed by atoms with Gasteiger partial charge in [-0.3, -0.25) is 4.79 Å². The van der Waals surface area contributed by atoms with Gasteiger partial charge >= 0.3 is 0 Å². The lowest BCUT2D eigenvalue weighted by Crippen LogP contribution is -2.57. The van der Waals surface area contributed by atoms with Gasteiger partial charge in [-0.1, -0.05) is 6.92 Å². The highest BCUT2D eigenvalue weighted by Gasteiger charge is 2.40. The lowest BCUT2D eigenvalue weighted by Gasteiger charge is -2.47. The molecule has 3 atom stereocenters. The monoisotopic (exact) mass is 371 g/mol. The Morgan fingerprint density at radius 2 is 2.15 bits per heavy atom. The van der Waals surface area contributed by atoms with E-state index in [1.54, 1.807) is 0 Å². The summed E-state index contributed by atoms with van der Waals surface area (Å²) in [6, 6.07) is 1.92. The quantitative estimate of drug-likeness (QED) is 0.889. The van der Waals surface area contributed by atoms with E-state index >= 15 is 0 Å². The number of nitrogens with one attached hydrogen (secondary N) is 1. The number of carbonyl (C=O) groups is 1. The summed E-state index contributed by atoms with van der Waals surface area (Å²) in [7, 11) is 0. The van der Waals surface area contributed by atoms with Crippen molar-refractivity contribution in [1.29, 1.82) is 0 Å². The van der Waals surface area contributed by atoms with E-state index in [-0.39, 0.29) is 12.1 Å². The maximum atomic E-state index is 11.8. The van der Waals surface area contributed by atoms with Crippen molar-refractivity contribution in [3.63, 3.8) is 0 Å². The average Bonchev–Trinajstić information content (AvgIpc) is 3.07. The molecule has 8 heteroatoms. The second kappa shape index (κ2) is 6.76. The van der Waals surface area contributed by atoms with Crippen LogP contribution in [0, 0.1) is 0 Å². The summed E-state index contributed by atoms with van der Waals surface area (Å²) in [5.41, 5.74) is 0.957. The van der Waals surface area contributed by atoms with E-state index in [1.165, 1.54) is 0 Å². The summed E-state index contributed by atoms with van der Waals surface area (Å²) in [5, 5.41) is 8.79. The molecule has 8 nitrogen and oxygen atoms in total. The number of hydrogen-bond acceptors (Lipinski definition) is 6. The number of piperidine rings is 1. The zero-order valence-corrected chi connectivity index (χ0v) is 15.6. The normalized spacial score (nSPS) is 27.4. The van der Waals surface area contributed by atoms with Crippen LogP contribution in [0.2, 0.25) is 0 Å². The summed E-state index contributed by atoms with van der Waals surface area (Å²) in [4.78, 5) is 18.5. The van der Waals surface area contributed by atoms with Gasteiger partial charge in [0, 0.05) is 44.8 Å². The maximum absolute atomic E-state index is 11.8. The first-order valence-corrected chi connectivity index (χ1v) is 9.91. The van der Waals surface area contributed by atoms with E-state index in [2.05, 4.69) is 15.2 Å². The van der Waals surface area contributed by atoms with Gasteiger partial charge in [-0.05, 0) is 19.3 Å². The summed E-state index contributed by atoms with van der Waals surface area (Å²) in [6.45, 7) is 4.31. The number of morpholine rings is 1. The van der Waals surface area contributed by atoms with Crippen LogP contribution in [-0.4, -0.2) is 52.6 Å². The molecular formula is C19H25N5O3. The van der Waals surface area contributed by atoms with Crippen LogP contribution < -0.4 is 10.2 Å². The Morgan fingerprint density at radius 3 is 2.85 bits per heavy atom. The molecule has 4 fully saturated rings. The van der Waals surface area contributed by atoms with E-state index < -0.39 is 0 Å². The van der Waals surface area contributed by atoms with E-state index in [1.807, 2.05) is 23.9 Å². The number of nitrogens with zero attached hydrogens (tertiary/aromatic N) is 4. The van der Waals surface area contributed by atoms with Crippen LogP contribution in [0.3, 0.4) is 0 Å². The maximum Gasteiger partial charge on any atom is 0.225 e. The Labute approximate surface area is 157 Å². The molecule has 144 valence electrons. The van der Waals surface area contributed by atoms with Crippen LogP contribution in [0.15, 0.2) is 12.3 Å². The first kappa shape index (κ1) is 16.9. The third kappa shape index (κ3) is 3.06. The number of amides is 1. The Kier molecular flexibility index (Phi) is 4.24. The number of ether oxygens (including phenoxy) is 2. The molecule has 0 saturated carbocycles. The van der Waals surface area contributed by atoms with Gasteiger partial charge in [0.2, 0.25) is 5.91 Å². The minimum Gasteiger partial charge on any atom is -0.371 e. The number of aromatic nitrogens is 3. The number of rotatable bonds is 4. The smallest absolute Gasteiger partial charge is 0.225 e. The van der Waals surface area contributed by atoms with Crippen molar-refractivity contribution < 1.29 is 14.3 Å². The van der Waals surface area contributed by atoms with Gasteiger partial charge in [0.05, 0.1) is 23.1 Å². The third-order valence-corrected chi connectivity index (χ3v) is 5.65. The molecule has 1 amide bonds. The fourth-order valence-electron chi connectivity index (χ4n) is 4.21. The van der Waals surface area contributed by atoms with Crippen molar-refractivity contribution in [2.45, 2.75) is 57.5 Å². The standard InChI is InChI=1S/C19H25N5O3/c1-2-17(25)21-16-8-15-14(9-20-16)19(23-10-12-7-13(11-23)27-12)22-24(15)18-5-3-4-6-26-18/h8-9,12-13,18H,2-7,10-11H2,1H3,(H,20,21,25). The molecule has 0 radical (unpaired) electrons. The Bertz CT molecular complexity index is 844. The van der Waals surface area contributed by atoms with Gasteiger partial charge in [-0.2, -0.15) is 5.10 Å². The van der Waals surface area contributed by atoms with Crippen molar-refractivity contribution >= 4 is 28.4 Å². The summed E-state index contributed by atoms with van der Waals surface area (Å²) >= 11 is 0. The highest BCUT2D eigenvalue weighted by molar-refractivity contribution is 5.95. The zero-order chi connectivity index (χ0) is 18.4. The number of fused-ring (bicyclic) bond motifs is 3. The van der Waals surface area contributed by atoms with Crippen LogP contribution in [0.4, 0.5) is 11.6 Å². The van der Waals surface area contributed by atoms with Gasteiger partial charge in [-0.15, -0.1) is 0 Å². The van der Waals surface area contributed by atoms with Crippen LogP contribution in [-0.2, 0) is 14.3 Å². The number of carbonyl (C=O) groups excluding carboxylic acids is 1. The van der Waals surface area contributed by atoms with E-state index in [9.17, 15) is 4.79 Å². The minimum absolute atomic E-state index is 0.0460. The summed E-state index contributed by atoms with van der Waals surface area (Å²) in [5.74, 6) is 1.45. The van der Waals surface area contributed by atoms with Crippen LogP contribution >= 0.6 is 0 Å². The molecule has 4 aliphatic rings. The molecular weight excluding hydrogens is 346 g/mol. The molecule has 0 aliphatic carbocycles. The van der Waals surface area contributed by atoms with Gasteiger partial charge in [0.25, 0.3) is 0 Å². The van der Waals surface area contributed by atoms with Crippen molar-refractivity contribution in [2.75, 3.05) is 29.9 Å². The fourth-order valence-corrected chi connectivity index (χ4v) is 4.21. The predicted molar refractivity (Wildman–Crippen MR) is 101 cm³/mol. The lowest BCUT2D eigenvalue weighted by molar-refractivity contribution is -0.133. The largest absolute Gasteiger partial charge is 0.371 e. The fraction of sp³-hybridized carbons (Fsp3) is 0.632. The van der Waals surface area contributed by atoms with Crippen molar-refractivity contribution in [3.8, 4) is 0 Å². The Hall–Kier alpha value is -2.19. The molecule has 4 aliphatic heterocycles. The Balaban J connectivity index is 1.54. The van der Waals surface area contributed by atoms with Crippen molar-refractivity contribution in [2.24, 2.45) is 0 Å². The van der Waals surface area contributed by atoms with Crippen LogP contribution in [0.25, 0.3) is 10.9 Å². The highest BCUT2D eigenvalue weighted by Crippen LogP contribution is 2.36. The predicted octanol–water partition coefficient (Wildman–Crippen LogP) is 2.46. The Morgan fingerprint density at radius 1 is 1.33 bits per heavy atom. The molecule has 6 rings (SSSR count). The summed E-state index contributed by atoms with van der Waals surface area (Å²) in [6.07, 6.45) is 7.12. The minimum atomic E-state index is -0.0669. The number of hydrogen-bond donors (Lipinski definition) is 1. The first-order chi connectivity index (χ1) is 13.2. The molecule has 27 heavy (non-hydrogen) atoms. The second-order valence-corrected chi connectivity index (χ2v) is 7.60. The zero-order valence-electron chi connectivity index (χ0n) is 15.6. The SMILES string of the molecule is CCC(=O)Nc1cc2c(cn1)c(N1CC3CC(C1)O3)nn2C1CCCCO1. The summed E-state index contributed by atoms with van der Waals surface area (Å²) < 4.78 is 13.7. The third-order valence-electron chi connectivity index (χ3n) is 5.65. The van der Waals surface area contributed by atoms with Gasteiger partial charge in [0.15, 0.2) is 12.0 Å². The molecule has 2 bridgehead atoms. The number of anilines is 2. The molecule has 1 N–H and O–H groups in total. The first-order valence-electron chi connectivity index (χ1n) is 9.91. The van der Waals surface area contributed by atoms with E-state index in [0.717, 1.165) is 62.1 Å². The van der Waals surface area contributed by atoms with Crippen molar-refractivity contribution in [3.05, 3.63) is 12.3 Å². The van der Waals surface area contributed by atoms with E-state index in [4.69, 9.17) is 14.6 Å². The molecule has 4 saturated heterocycles. The van der Waals surface area contributed by atoms with Gasteiger partial charge < -0.3 is 19.7 Å². The molecule has 6 heterocycles. The second-order valence-electron chi connectivity index (χ2n) is 7.60. The van der Waals surface area contributed by atoms with Gasteiger partial charge in [0.1, 0.15) is 5.82 Å². The molecule has 2 aromatic rings. The topological polar surface area (TPSA) is 81.5 Å². The lowest BCUT2D eigenvalue weighted by atomic mass is 9.99. The van der Waals surface area contributed by atoms with E-state index in [0.29, 0.717) is 24.4 Å². The molecule has 0 aromatic carbocycles. The van der Waals surface area contributed by atoms with Crippen LogP contribution in [0.5, 0.6) is 0 Å². The molecule has 0 spiro atoms. The molecule has 2 aromatic heterocycles. The highest BCUT2D eigenvalue weighted by atomic mass is 16.5.